The third-order valence-electron chi connectivity index (χ3n) is 2.37. The molecule has 0 unspecified atom stereocenters. The lowest BCUT2D eigenvalue weighted by Gasteiger charge is -2.05. The maximum Gasteiger partial charge on any atom is 0.272 e. The van der Waals surface area contributed by atoms with E-state index in [9.17, 15) is 10.1 Å². The Bertz CT molecular complexity index is 582. The van der Waals surface area contributed by atoms with E-state index in [0.717, 1.165) is 4.88 Å². The van der Waals surface area contributed by atoms with Crippen molar-refractivity contribution in [3.8, 4) is 5.75 Å². The summed E-state index contributed by atoms with van der Waals surface area (Å²) in [6.45, 7) is 2.10. The predicted molar refractivity (Wildman–Crippen MR) is 71.5 cm³/mol. The second-order valence-corrected chi connectivity index (χ2v) is 5.50. The van der Waals surface area contributed by atoms with E-state index in [4.69, 9.17) is 16.3 Å². The first-order valence-electron chi connectivity index (χ1n) is 5.18. The molecule has 2 aromatic rings. The van der Waals surface area contributed by atoms with Crippen molar-refractivity contribution in [1.29, 1.82) is 0 Å². The van der Waals surface area contributed by atoms with Gasteiger partial charge in [0.05, 0.1) is 9.26 Å². The van der Waals surface area contributed by atoms with E-state index in [1.165, 1.54) is 17.4 Å². The van der Waals surface area contributed by atoms with Crippen molar-refractivity contribution in [3.63, 3.8) is 0 Å². The van der Waals surface area contributed by atoms with E-state index >= 15 is 0 Å². The van der Waals surface area contributed by atoms with Crippen LogP contribution in [0.2, 0.25) is 4.34 Å². The molecule has 2 rings (SSSR count). The maximum absolute atomic E-state index is 10.7. The fourth-order valence-corrected chi connectivity index (χ4v) is 2.51. The number of hydrogen-bond acceptors (Lipinski definition) is 4. The Balaban J connectivity index is 2.06. The lowest BCUT2D eigenvalue weighted by atomic mass is 10.2. The fourth-order valence-electron chi connectivity index (χ4n) is 1.51. The van der Waals surface area contributed by atoms with Crippen LogP contribution in [0, 0.1) is 17.0 Å². The highest BCUT2D eigenvalue weighted by atomic mass is 35.5. The number of halogens is 1. The highest BCUT2D eigenvalue weighted by Gasteiger charge is 2.10. The van der Waals surface area contributed by atoms with Crippen LogP contribution < -0.4 is 4.74 Å². The van der Waals surface area contributed by atoms with E-state index in [0.29, 0.717) is 22.3 Å². The zero-order valence-corrected chi connectivity index (χ0v) is 11.1. The number of aryl methyl sites for hydroxylation is 1. The largest absolute Gasteiger partial charge is 0.488 e. The molecule has 1 aromatic carbocycles. The predicted octanol–water partition coefficient (Wildman–Crippen LogP) is 4.20. The van der Waals surface area contributed by atoms with Gasteiger partial charge in [-0.05, 0) is 31.2 Å². The average Bonchev–Trinajstić information content (AvgIpc) is 2.72. The van der Waals surface area contributed by atoms with Gasteiger partial charge in [-0.25, -0.2) is 0 Å². The summed E-state index contributed by atoms with van der Waals surface area (Å²) in [5.74, 6) is 0.614. The number of nitro groups is 1. The summed E-state index contributed by atoms with van der Waals surface area (Å²) in [6, 6.07) is 8.41. The van der Waals surface area contributed by atoms with E-state index in [1.54, 1.807) is 19.1 Å². The van der Waals surface area contributed by atoms with Crippen molar-refractivity contribution in [2.24, 2.45) is 0 Å². The summed E-state index contributed by atoms with van der Waals surface area (Å²) >= 11 is 7.26. The van der Waals surface area contributed by atoms with Gasteiger partial charge in [0.25, 0.3) is 5.69 Å². The molecule has 0 bridgehead atoms. The number of hydrogen-bond donors (Lipinski definition) is 0. The lowest BCUT2D eigenvalue weighted by Crippen LogP contribution is -1.95. The van der Waals surface area contributed by atoms with Crippen molar-refractivity contribution in [1.82, 2.24) is 0 Å². The normalized spacial score (nSPS) is 10.3. The molecule has 0 fully saturated rings. The number of benzene rings is 1. The summed E-state index contributed by atoms with van der Waals surface area (Å²) in [4.78, 5) is 11.3. The van der Waals surface area contributed by atoms with Gasteiger partial charge in [-0.15, -0.1) is 11.3 Å². The first kappa shape index (κ1) is 12.9. The second kappa shape index (κ2) is 5.37. The molecule has 0 amide bonds. The molecule has 0 spiro atoms. The fraction of sp³-hybridized carbons (Fsp3) is 0.167. The topological polar surface area (TPSA) is 52.4 Å². The van der Waals surface area contributed by atoms with E-state index in [1.807, 2.05) is 12.1 Å². The van der Waals surface area contributed by atoms with Crippen LogP contribution in [0.25, 0.3) is 0 Å². The van der Waals surface area contributed by atoms with Gasteiger partial charge < -0.3 is 4.74 Å². The monoisotopic (exact) mass is 283 g/mol. The van der Waals surface area contributed by atoms with Crippen LogP contribution >= 0.6 is 22.9 Å². The number of nitro benzene ring substituents is 1. The first-order chi connectivity index (χ1) is 8.56. The van der Waals surface area contributed by atoms with Crippen LogP contribution in [0.5, 0.6) is 5.75 Å². The Hall–Kier alpha value is -1.59. The molecule has 4 nitrogen and oxygen atoms in total. The van der Waals surface area contributed by atoms with Crippen LogP contribution in [0.3, 0.4) is 0 Å². The molecule has 0 saturated carbocycles. The molecular weight excluding hydrogens is 274 g/mol. The van der Waals surface area contributed by atoms with E-state index in [-0.39, 0.29) is 5.69 Å². The molecule has 1 aromatic heterocycles. The summed E-state index contributed by atoms with van der Waals surface area (Å²) < 4.78 is 6.27. The van der Waals surface area contributed by atoms with Gasteiger partial charge in [0.15, 0.2) is 0 Å². The Morgan fingerprint density at radius 3 is 2.72 bits per heavy atom. The van der Waals surface area contributed by atoms with Crippen molar-refractivity contribution in [2.45, 2.75) is 13.5 Å². The SMILES string of the molecule is Cc1cc(OCc2ccc(Cl)s2)ccc1[N+](=O)[O-]. The summed E-state index contributed by atoms with van der Waals surface area (Å²) in [5, 5.41) is 10.7. The Labute approximate surface area is 113 Å². The molecule has 0 N–H and O–H groups in total. The minimum absolute atomic E-state index is 0.0986. The van der Waals surface area contributed by atoms with Gasteiger partial charge in [0.2, 0.25) is 0 Å². The van der Waals surface area contributed by atoms with Gasteiger partial charge in [0.1, 0.15) is 12.4 Å². The maximum atomic E-state index is 10.7. The van der Waals surface area contributed by atoms with Crippen LogP contribution in [0.1, 0.15) is 10.4 Å². The Morgan fingerprint density at radius 1 is 1.39 bits per heavy atom. The lowest BCUT2D eigenvalue weighted by molar-refractivity contribution is -0.385. The first-order valence-corrected chi connectivity index (χ1v) is 6.38. The van der Waals surface area contributed by atoms with Gasteiger partial charge in [-0.2, -0.15) is 0 Å². The summed E-state index contributed by atoms with van der Waals surface area (Å²) in [7, 11) is 0. The van der Waals surface area contributed by atoms with Crippen molar-refractivity contribution >= 4 is 28.6 Å². The zero-order valence-electron chi connectivity index (χ0n) is 9.55. The number of thiophene rings is 1. The number of rotatable bonds is 4. The van der Waals surface area contributed by atoms with Crippen LogP contribution in [0.4, 0.5) is 5.69 Å². The zero-order chi connectivity index (χ0) is 13.1. The molecule has 0 saturated heterocycles. The highest BCUT2D eigenvalue weighted by Crippen LogP contribution is 2.26. The molecule has 0 aliphatic rings. The third kappa shape index (κ3) is 3.00. The van der Waals surface area contributed by atoms with Gasteiger partial charge in [0, 0.05) is 16.5 Å². The molecule has 0 radical (unpaired) electrons. The molecule has 0 aliphatic heterocycles. The van der Waals surface area contributed by atoms with Gasteiger partial charge in [-0.1, -0.05) is 11.6 Å². The van der Waals surface area contributed by atoms with Crippen molar-refractivity contribution in [3.05, 3.63) is 55.2 Å². The third-order valence-corrected chi connectivity index (χ3v) is 3.58. The molecule has 0 atom stereocenters. The number of ether oxygens (including phenoxy) is 1. The minimum Gasteiger partial charge on any atom is -0.488 e. The summed E-state index contributed by atoms with van der Waals surface area (Å²) in [6.07, 6.45) is 0. The van der Waals surface area contributed by atoms with Gasteiger partial charge in [-0.3, -0.25) is 10.1 Å². The quantitative estimate of drug-likeness (QED) is 0.624. The summed E-state index contributed by atoms with van der Waals surface area (Å²) in [5.41, 5.74) is 0.684. The van der Waals surface area contributed by atoms with E-state index in [2.05, 4.69) is 0 Å². The number of nitrogens with zero attached hydrogens (tertiary/aromatic N) is 1. The second-order valence-electron chi connectivity index (χ2n) is 3.70. The molecule has 6 heteroatoms. The Kier molecular flexibility index (Phi) is 3.84. The standard InChI is InChI=1S/C12H10ClNO3S/c1-8-6-9(2-4-11(8)14(15)16)17-7-10-3-5-12(13)18-10/h2-6H,7H2,1H3. The smallest absolute Gasteiger partial charge is 0.272 e. The molecule has 94 valence electrons. The van der Waals surface area contributed by atoms with Crippen LogP contribution in [0.15, 0.2) is 30.3 Å². The van der Waals surface area contributed by atoms with Gasteiger partial charge >= 0.3 is 0 Å². The van der Waals surface area contributed by atoms with E-state index < -0.39 is 4.92 Å². The van der Waals surface area contributed by atoms with Crippen molar-refractivity contribution in [2.75, 3.05) is 0 Å². The van der Waals surface area contributed by atoms with Crippen LogP contribution in [-0.4, -0.2) is 4.92 Å². The highest BCUT2D eigenvalue weighted by molar-refractivity contribution is 7.16. The van der Waals surface area contributed by atoms with Crippen molar-refractivity contribution < 1.29 is 9.66 Å². The molecule has 0 aliphatic carbocycles. The van der Waals surface area contributed by atoms with Crippen LogP contribution in [-0.2, 0) is 6.61 Å². The Morgan fingerprint density at radius 2 is 2.17 bits per heavy atom. The molecular formula is C12H10ClNO3S. The average molecular weight is 284 g/mol. The molecule has 18 heavy (non-hydrogen) atoms. The molecule has 1 heterocycles. The minimum atomic E-state index is -0.405.